The second-order valence-electron chi connectivity index (χ2n) is 5.03. The normalized spacial score (nSPS) is 12.1. The Hall–Kier alpha value is -1.87. The third kappa shape index (κ3) is 4.05. The Kier molecular flexibility index (Phi) is 5.76. The Morgan fingerprint density at radius 1 is 1.10 bits per heavy atom. The van der Waals surface area contributed by atoms with E-state index in [0.717, 1.165) is 18.5 Å². The molecule has 0 aliphatic carbocycles. The van der Waals surface area contributed by atoms with Crippen LogP contribution in [0.25, 0.3) is 0 Å². The summed E-state index contributed by atoms with van der Waals surface area (Å²) in [5.74, 6) is -0.161. The highest BCUT2D eigenvalue weighted by Crippen LogP contribution is 2.26. The van der Waals surface area contributed by atoms with Crippen LogP contribution in [0.2, 0.25) is 0 Å². The van der Waals surface area contributed by atoms with Crippen molar-refractivity contribution in [3.8, 4) is 0 Å². The molecule has 2 nitrogen and oxygen atoms in total. The molecular weight excluding hydrogens is 265 g/mol. The maximum Gasteiger partial charge on any atom is 0.128 e. The minimum atomic E-state index is -0.161. The molecule has 112 valence electrons. The third-order valence-electron chi connectivity index (χ3n) is 3.61. The van der Waals surface area contributed by atoms with Crippen molar-refractivity contribution in [2.75, 3.05) is 19.0 Å². The lowest BCUT2D eigenvalue weighted by Gasteiger charge is -2.21. The molecule has 3 heteroatoms. The highest BCUT2D eigenvalue weighted by atomic mass is 19.1. The SMILES string of the molecule is CCC(Nc1ccccc1CCOC)c1ccccc1F. The van der Waals surface area contributed by atoms with Crippen molar-refractivity contribution in [2.24, 2.45) is 0 Å². The van der Waals surface area contributed by atoms with Crippen LogP contribution in [-0.2, 0) is 11.2 Å². The fraction of sp³-hybridized carbons (Fsp3) is 0.333. The van der Waals surface area contributed by atoms with E-state index in [1.165, 1.54) is 11.6 Å². The Labute approximate surface area is 126 Å². The Morgan fingerprint density at radius 2 is 1.81 bits per heavy atom. The number of nitrogens with one attached hydrogen (secondary N) is 1. The van der Waals surface area contributed by atoms with E-state index in [0.29, 0.717) is 12.2 Å². The minimum absolute atomic E-state index is 0.0325. The summed E-state index contributed by atoms with van der Waals surface area (Å²) in [4.78, 5) is 0. The smallest absolute Gasteiger partial charge is 0.128 e. The molecule has 0 bridgehead atoms. The van der Waals surface area contributed by atoms with Gasteiger partial charge in [-0.25, -0.2) is 4.39 Å². The molecule has 0 fully saturated rings. The van der Waals surface area contributed by atoms with Crippen LogP contribution >= 0.6 is 0 Å². The average molecular weight is 287 g/mol. The van der Waals surface area contributed by atoms with Gasteiger partial charge in [-0.05, 0) is 30.5 Å². The van der Waals surface area contributed by atoms with Crippen molar-refractivity contribution >= 4 is 5.69 Å². The Balaban J connectivity index is 2.21. The van der Waals surface area contributed by atoms with Gasteiger partial charge in [0.1, 0.15) is 5.82 Å². The Bertz CT molecular complexity index is 571. The first-order chi connectivity index (χ1) is 10.3. The molecule has 0 saturated carbocycles. The quantitative estimate of drug-likeness (QED) is 0.805. The fourth-order valence-corrected chi connectivity index (χ4v) is 2.44. The number of benzene rings is 2. The van der Waals surface area contributed by atoms with Gasteiger partial charge in [0.25, 0.3) is 0 Å². The van der Waals surface area contributed by atoms with Gasteiger partial charge in [-0.2, -0.15) is 0 Å². The number of ether oxygens (including phenoxy) is 1. The second kappa shape index (κ2) is 7.79. The van der Waals surface area contributed by atoms with Crippen LogP contribution < -0.4 is 5.32 Å². The first kappa shape index (κ1) is 15.5. The van der Waals surface area contributed by atoms with Crippen molar-refractivity contribution in [2.45, 2.75) is 25.8 Å². The molecule has 1 atom stereocenters. The lowest BCUT2D eigenvalue weighted by atomic mass is 10.0. The van der Waals surface area contributed by atoms with Crippen molar-refractivity contribution in [1.82, 2.24) is 0 Å². The summed E-state index contributed by atoms with van der Waals surface area (Å²) in [6.07, 6.45) is 1.66. The zero-order valence-electron chi connectivity index (χ0n) is 12.6. The number of hydrogen-bond acceptors (Lipinski definition) is 2. The van der Waals surface area contributed by atoms with E-state index in [2.05, 4.69) is 18.3 Å². The monoisotopic (exact) mass is 287 g/mol. The van der Waals surface area contributed by atoms with Gasteiger partial charge in [0.2, 0.25) is 0 Å². The lowest BCUT2D eigenvalue weighted by molar-refractivity contribution is 0.202. The van der Waals surface area contributed by atoms with Crippen LogP contribution in [0, 0.1) is 5.82 Å². The molecular formula is C18H22FNO. The highest BCUT2D eigenvalue weighted by Gasteiger charge is 2.14. The van der Waals surface area contributed by atoms with Crippen LogP contribution in [0.5, 0.6) is 0 Å². The van der Waals surface area contributed by atoms with Gasteiger partial charge < -0.3 is 10.1 Å². The van der Waals surface area contributed by atoms with Crippen molar-refractivity contribution < 1.29 is 9.13 Å². The van der Waals surface area contributed by atoms with Crippen LogP contribution in [0.3, 0.4) is 0 Å². The van der Waals surface area contributed by atoms with Crippen LogP contribution in [0.15, 0.2) is 48.5 Å². The maximum absolute atomic E-state index is 14.0. The van der Waals surface area contributed by atoms with E-state index in [-0.39, 0.29) is 11.9 Å². The van der Waals surface area contributed by atoms with Crippen LogP contribution in [0.4, 0.5) is 10.1 Å². The molecule has 0 aliphatic heterocycles. The van der Waals surface area contributed by atoms with Crippen LogP contribution in [-0.4, -0.2) is 13.7 Å². The van der Waals surface area contributed by atoms with Gasteiger partial charge >= 0.3 is 0 Å². The molecule has 1 N–H and O–H groups in total. The molecule has 0 spiro atoms. The molecule has 0 saturated heterocycles. The standard InChI is InChI=1S/C18H22FNO/c1-3-17(15-9-5-6-10-16(15)19)20-18-11-7-4-8-14(18)12-13-21-2/h4-11,17,20H,3,12-13H2,1-2H3. The minimum Gasteiger partial charge on any atom is -0.384 e. The molecule has 0 heterocycles. The van der Waals surface area contributed by atoms with Gasteiger partial charge in [-0.15, -0.1) is 0 Å². The highest BCUT2D eigenvalue weighted by molar-refractivity contribution is 5.53. The van der Waals surface area contributed by atoms with Gasteiger partial charge in [0.15, 0.2) is 0 Å². The third-order valence-corrected chi connectivity index (χ3v) is 3.61. The summed E-state index contributed by atoms with van der Waals surface area (Å²) in [7, 11) is 1.70. The summed E-state index contributed by atoms with van der Waals surface area (Å²) in [5, 5.41) is 3.47. The summed E-state index contributed by atoms with van der Waals surface area (Å²) >= 11 is 0. The van der Waals surface area contributed by atoms with Crippen LogP contribution in [0.1, 0.15) is 30.5 Å². The number of para-hydroxylation sites is 1. The van der Waals surface area contributed by atoms with Gasteiger partial charge in [0, 0.05) is 18.4 Å². The zero-order chi connectivity index (χ0) is 15.1. The number of hydrogen-bond donors (Lipinski definition) is 1. The first-order valence-corrected chi connectivity index (χ1v) is 7.34. The maximum atomic E-state index is 14.0. The predicted molar refractivity (Wildman–Crippen MR) is 85.1 cm³/mol. The largest absolute Gasteiger partial charge is 0.384 e. The van der Waals surface area contributed by atoms with Gasteiger partial charge in [-0.1, -0.05) is 43.3 Å². The molecule has 0 aromatic heterocycles. The average Bonchev–Trinajstić information content (AvgIpc) is 2.52. The van der Waals surface area contributed by atoms with E-state index in [9.17, 15) is 4.39 Å². The number of rotatable bonds is 7. The van der Waals surface area contributed by atoms with Crippen molar-refractivity contribution in [1.29, 1.82) is 0 Å². The topological polar surface area (TPSA) is 21.3 Å². The van der Waals surface area contributed by atoms with E-state index in [4.69, 9.17) is 4.74 Å². The second-order valence-corrected chi connectivity index (χ2v) is 5.03. The molecule has 21 heavy (non-hydrogen) atoms. The number of halogens is 1. The number of methoxy groups -OCH3 is 1. The van der Waals surface area contributed by atoms with E-state index >= 15 is 0 Å². The number of anilines is 1. The first-order valence-electron chi connectivity index (χ1n) is 7.34. The van der Waals surface area contributed by atoms with E-state index in [1.54, 1.807) is 13.2 Å². The van der Waals surface area contributed by atoms with E-state index < -0.39 is 0 Å². The van der Waals surface area contributed by atoms with Gasteiger partial charge in [-0.3, -0.25) is 0 Å². The Morgan fingerprint density at radius 3 is 2.52 bits per heavy atom. The van der Waals surface area contributed by atoms with Gasteiger partial charge in [0.05, 0.1) is 12.6 Å². The predicted octanol–water partition coefficient (Wildman–Crippen LogP) is 4.58. The van der Waals surface area contributed by atoms with Crippen molar-refractivity contribution in [3.05, 3.63) is 65.5 Å². The molecule has 1 unspecified atom stereocenters. The zero-order valence-corrected chi connectivity index (χ0v) is 12.6. The molecule has 2 aromatic rings. The molecule has 0 radical (unpaired) electrons. The molecule has 0 amide bonds. The summed E-state index contributed by atoms with van der Waals surface area (Å²) in [5.41, 5.74) is 2.94. The summed E-state index contributed by atoms with van der Waals surface area (Å²) in [6, 6.07) is 15.0. The van der Waals surface area contributed by atoms with E-state index in [1.807, 2.05) is 30.3 Å². The summed E-state index contributed by atoms with van der Waals surface area (Å²) in [6.45, 7) is 2.73. The van der Waals surface area contributed by atoms with Crippen molar-refractivity contribution in [3.63, 3.8) is 0 Å². The lowest BCUT2D eigenvalue weighted by Crippen LogP contribution is -2.13. The molecule has 2 rings (SSSR count). The molecule has 0 aliphatic rings. The summed E-state index contributed by atoms with van der Waals surface area (Å²) < 4.78 is 19.1. The fourth-order valence-electron chi connectivity index (χ4n) is 2.44. The molecule has 2 aromatic carbocycles.